The van der Waals surface area contributed by atoms with Gasteiger partial charge in [-0.05, 0) is 70.1 Å². The molecule has 0 aromatic heterocycles. The summed E-state index contributed by atoms with van der Waals surface area (Å²) < 4.78 is 0. The van der Waals surface area contributed by atoms with Crippen LogP contribution in [0.5, 0.6) is 5.75 Å². The highest BCUT2D eigenvalue weighted by atomic mass is 32.2. The summed E-state index contributed by atoms with van der Waals surface area (Å²) in [4.78, 5) is 27.5. The molecule has 3 N–H and O–H groups in total. The molecule has 3 aromatic rings. The Hall–Kier alpha value is -3.58. The van der Waals surface area contributed by atoms with Crippen LogP contribution in [0.25, 0.3) is 16.8 Å². The lowest BCUT2D eigenvalue weighted by molar-refractivity contribution is -0.136. The first kappa shape index (κ1) is 18.8. The number of nitrogens with zero attached hydrogens (tertiary/aromatic N) is 1. The number of thioether (sulfide) groups is 1. The van der Waals surface area contributed by atoms with Crippen molar-refractivity contribution >= 4 is 51.3 Å². The average Bonchev–Trinajstić information content (AvgIpc) is 3.02. The number of carboxylic acid groups (broad SMARTS) is 1. The van der Waals surface area contributed by atoms with E-state index in [0.717, 1.165) is 22.0 Å². The Kier molecular flexibility index (Phi) is 5.05. The molecule has 1 heterocycles. The topological polar surface area (TPSA) is 99.0 Å². The van der Waals surface area contributed by atoms with Gasteiger partial charge in [-0.1, -0.05) is 30.3 Å². The van der Waals surface area contributed by atoms with E-state index in [-0.39, 0.29) is 18.1 Å². The van der Waals surface area contributed by atoms with Gasteiger partial charge in [0.2, 0.25) is 0 Å². The number of hydrogen-bond donors (Lipinski definition) is 3. The van der Waals surface area contributed by atoms with Gasteiger partial charge < -0.3 is 15.5 Å². The molecule has 1 aliphatic rings. The Morgan fingerprint density at radius 2 is 1.76 bits per heavy atom. The van der Waals surface area contributed by atoms with Crippen molar-refractivity contribution in [2.45, 2.75) is 6.42 Å². The molecule has 1 aliphatic heterocycles. The van der Waals surface area contributed by atoms with Crippen molar-refractivity contribution in [2.75, 3.05) is 5.32 Å². The Morgan fingerprint density at radius 3 is 2.52 bits per heavy atom. The summed E-state index contributed by atoms with van der Waals surface area (Å²) in [5.41, 5.74) is 2.30. The molecule has 0 saturated carbocycles. The Balaban J connectivity index is 1.47. The van der Waals surface area contributed by atoms with Crippen molar-refractivity contribution in [1.29, 1.82) is 0 Å². The lowest BCUT2D eigenvalue weighted by atomic mass is 10.1. The van der Waals surface area contributed by atoms with E-state index in [1.807, 2.05) is 24.3 Å². The van der Waals surface area contributed by atoms with E-state index in [4.69, 9.17) is 5.11 Å². The third-order valence-corrected chi connectivity index (χ3v) is 5.23. The zero-order valence-corrected chi connectivity index (χ0v) is 15.9. The third-order valence-electron chi connectivity index (χ3n) is 4.33. The highest BCUT2D eigenvalue weighted by molar-refractivity contribution is 8.18. The van der Waals surface area contributed by atoms with Gasteiger partial charge in [0.1, 0.15) is 5.75 Å². The number of amidine groups is 1. The number of aromatic hydroxyl groups is 1. The van der Waals surface area contributed by atoms with Gasteiger partial charge in [-0.15, -0.1) is 0 Å². The van der Waals surface area contributed by atoms with Gasteiger partial charge in [-0.3, -0.25) is 9.59 Å². The van der Waals surface area contributed by atoms with E-state index in [9.17, 15) is 14.7 Å². The predicted octanol–water partition coefficient (Wildman–Crippen LogP) is 4.25. The van der Waals surface area contributed by atoms with Crippen molar-refractivity contribution in [3.8, 4) is 5.75 Å². The molecule has 29 heavy (non-hydrogen) atoms. The molecule has 0 fully saturated rings. The molecule has 3 aromatic carbocycles. The molecule has 0 bridgehead atoms. The first-order chi connectivity index (χ1) is 14.0. The first-order valence-electron chi connectivity index (χ1n) is 8.79. The van der Waals surface area contributed by atoms with Gasteiger partial charge in [0.05, 0.1) is 11.3 Å². The number of aliphatic imine (C=N–C) groups is 1. The van der Waals surface area contributed by atoms with Crippen LogP contribution in [0.15, 0.2) is 70.6 Å². The van der Waals surface area contributed by atoms with Gasteiger partial charge >= 0.3 is 5.97 Å². The fourth-order valence-electron chi connectivity index (χ4n) is 2.96. The number of nitrogens with one attached hydrogen (secondary N) is 1. The minimum atomic E-state index is -0.882. The number of phenols is 1. The molecule has 6 nitrogen and oxygen atoms in total. The van der Waals surface area contributed by atoms with Crippen LogP contribution < -0.4 is 5.32 Å². The maximum Gasteiger partial charge on any atom is 0.307 e. The average molecular weight is 404 g/mol. The van der Waals surface area contributed by atoms with Crippen LogP contribution in [0.1, 0.15) is 11.1 Å². The number of rotatable bonds is 4. The summed E-state index contributed by atoms with van der Waals surface area (Å²) >= 11 is 1.25. The molecule has 0 radical (unpaired) electrons. The number of fused-ring (bicyclic) bond motifs is 1. The van der Waals surface area contributed by atoms with Crippen LogP contribution in [0, 0.1) is 0 Å². The number of carbonyl (C=O) groups excluding carboxylic acids is 1. The Labute approximate surface area is 170 Å². The highest BCUT2D eigenvalue weighted by Gasteiger charge is 2.22. The summed E-state index contributed by atoms with van der Waals surface area (Å²) in [6, 6.07) is 17.8. The van der Waals surface area contributed by atoms with Crippen LogP contribution in [0.4, 0.5) is 5.69 Å². The number of benzene rings is 3. The van der Waals surface area contributed by atoms with Crippen LogP contribution in [-0.4, -0.2) is 27.3 Å². The van der Waals surface area contributed by atoms with Crippen molar-refractivity contribution in [2.24, 2.45) is 4.99 Å². The first-order valence-corrected chi connectivity index (χ1v) is 9.61. The molecule has 144 valence electrons. The van der Waals surface area contributed by atoms with E-state index in [1.165, 1.54) is 11.8 Å². The molecule has 4 rings (SSSR count). The van der Waals surface area contributed by atoms with Gasteiger partial charge in [0, 0.05) is 5.69 Å². The van der Waals surface area contributed by atoms with Gasteiger partial charge in [-0.2, -0.15) is 4.99 Å². The molecule has 7 heteroatoms. The van der Waals surface area contributed by atoms with Crippen molar-refractivity contribution in [3.63, 3.8) is 0 Å². The van der Waals surface area contributed by atoms with Crippen molar-refractivity contribution in [3.05, 3.63) is 76.7 Å². The standard InChI is InChI=1S/C22H16N2O4S/c25-18-8-5-15-9-14(1-4-16(15)12-18)10-19-21(28)24-22(29-19)23-17-6-2-13(3-7-17)11-20(26)27/h1-10,12,25H,11H2,(H,26,27)(H,23,24,28)/b19-10-. The van der Waals surface area contributed by atoms with E-state index in [1.54, 1.807) is 42.5 Å². The number of aliphatic carboxylic acids is 1. The second-order valence-corrected chi connectivity index (χ2v) is 7.55. The van der Waals surface area contributed by atoms with Crippen LogP contribution >= 0.6 is 11.8 Å². The van der Waals surface area contributed by atoms with E-state index >= 15 is 0 Å². The molecule has 0 spiro atoms. The van der Waals surface area contributed by atoms with Crippen LogP contribution in [-0.2, 0) is 16.0 Å². The second kappa shape index (κ2) is 7.81. The van der Waals surface area contributed by atoms with E-state index < -0.39 is 5.97 Å². The number of carbonyl (C=O) groups is 2. The third kappa shape index (κ3) is 4.47. The molecule has 0 saturated heterocycles. The lowest BCUT2D eigenvalue weighted by Crippen LogP contribution is -2.05. The second-order valence-electron chi connectivity index (χ2n) is 6.52. The summed E-state index contributed by atoms with van der Waals surface area (Å²) in [5, 5.41) is 23.8. The molecular formula is C22H16N2O4S. The van der Waals surface area contributed by atoms with Crippen LogP contribution in [0.2, 0.25) is 0 Å². The predicted molar refractivity (Wildman–Crippen MR) is 115 cm³/mol. The zero-order valence-electron chi connectivity index (χ0n) is 15.1. The summed E-state index contributed by atoms with van der Waals surface area (Å²) in [6.45, 7) is 0. The van der Waals surface area contributed by atoms with Crippen LogP contribution in [0.3, 0.4) is 0 Å². The smallest absolute Gasteiger partial charge is 0.307 e. The summed E-state index contributed by atoms with van der Waals surface area (Å²) in [6.07, 6.45) is 1.75. The molecule has 0 atom stereocenters. The van der Waals surface area contributed by atoms with Crippen molar-refractivity contribution < 1.29 is 19.8 Å². The lowest BCUT2D eigenvalue weighted by Gasteiger charge is -2.05. The maximum atomic E-state index is 12.2. The largest absolute Gasteiger partial charge is 0.508 e. The molecule has 0 aliphatic carbocycles. The number of hydrogen-bond acceptors (Lipinski definition) is 5. The number of anilines is 1. The van der Waals surface area contributed by atoms with Gasteiger partial charge in [0.15, 0.2) is 5.17 Å². The quantitative estimate of drug-likeness (QED) is 0.562. The fourth-order valence-corrected chi connectivity index (χ4v) is 3.79. The summed E-state index contributed by atoms with van der Waals surface area (Å²) in [7, 11) is 0. The normalized spacial score (nSPS) is 15.0. The SMILES string of the molecule is O=C(O)Cc1ccc(NC2=NC(=O)/C(=C/c3ccc4cc(O)ccc4c3)S2)cc1. The van der Waals surface area contributed by atoms with E-state index in [0.29, 0.717) is 15.6 Å². The number of amides is 1. The monoisotopic (exact) mass is 404 g/mol. The minimum absolute atomic E-state index is 0.0350. The minimum Gasteiger partial charge on any atom is -0.508 e. The number of phenolic OH excluding ortho intramolecular Hbond substituents is 1. The Bertz CT molecular complexity index is 1180. The molecule has 0 unspecified atom stereocenters. The highest BCUT2D eigenvalue weighted by Crippen LogP contribution is 2.30. The zero-order chi connectivity index (χ0) is 20.4. The van der Waals surface area contributed by atoms with Crippen molar-refractivity contribution in [1.82, 2.24) is 0 Å². The summed E-state index contributed by atoms with van der Waals surface area (Å²) in [5.74, 6) is -0.983. The Morgan fingerprint density at radius 1 is 1.03 bits per heavy atom. The van der Waals surface area contributed by atoms with Gasteiger partial charge in [-0.25, -0.2) is 0 Å². The van der Waals surface area contributed by atoms with E-state index in [2.05, 4.69) is 10.3 Å². The number of carboxylic acids is 1. The van der Waals surface area contributed by atoms with Gasteiger partial charge in [0.25, 0.3) is 5.91 Å². The molecular weight excluding hydrogens is 388 g/mol. The maximum absolute atomic E-state index is 12.2. The fraction of sp³-hybridized carbons (Fsp3) is 0.0455. The molecule has 1 amide bonds.